The fourth-order valence-corrected chi connectivity index (χ4v) is 1.82. The van der Waals surface area contributed by atoms with Crippen LogP contribution in [0.15, 0.2) is 24.5 Å². The van der Waals surface area contributed by atoms with E-state index in [2.05, 4.69) is 20.7 Å². The van der Waals surface area contributed by atoms with Gasteiger partial charge in [0.15, 0.2) is 11.6 Å². The second-order valence-corrected chi connectivity index (χ2v) is 5.01. The van der Waals surface area contributed by atoms with Gasteiger partial charge < -0.3 is 16.5 Å². The van der Waals surface area contributed by atoms with Gasteiger partial charge in [-0.2, -0.15) is 0 Å². The molecule has 0 saturated heterocycles. The number of hydrogen-bond acceptors (Lipinski definition) is 6. The van der Waals surface area contributed by atoms with Crippen molar-refractivity contribution in [2.75, 3.05) is 30.6 Å². The number of halogens is 1. The van der Waals surface area contributed by atoms with E-state index < -0.39 is 0 Å². The van der Waals surface area contributed by atoms with Crippen LogP contribution in [0.4, 0.5) is 23.0 Å². The van der Waals surface area contributed by atoms with Gasteiger partial charge in [0, 0.05) is 24.8 Å². The molecule has 0 aliphatic rings. The van der Waals surface area contributed by atoms with E-state index in [4.69, 9.17) is 17.3 Å². The smallest absolute Gasteiger partial charge is 0.169 e. The van der Waals surface area contributed by atoms with E-state index in [0.717, 1.165) is 11.3 Å². The summed E-state index contributed by atoms with van der Waals surface area (Å²) in [7, 11) is 3.71. The standard InChI is InChI=1S/C13H17ClN6/c1-8-4-5-9(14)6-10(8)18-12-11(15)13(17-7-16-12)19-20(2)3/h4-7H,15H2,1-3H3,(H2,16,17,18,19). The molecule has 0 unspecified atom stereocenters. The monoisotopic (exact) mass is 292 g/mol. The molecule has 4 N–H and O–H groups in total. The van der Waals surface area contributed by atoms with E-state index >= 15 is 0 Å². The van der Waals surface area contributed by atoms with Crippen molar-refractivity contribution in [3.63, 3.8) is 0 Å². The Kier molecular flexibility index (Phi) is 4.26. The minimum atomic E-state index is 0.445. The molecule has 0 spiro atoms. The van der Waals surface area contributed by atoms with E-state index in [1.54, 1.807) is 5.01 Å². The van der Waals surface area contributed by atoms with Gasteiger partial charge in [-0.1, -0.05) is 17.7 Å². The van der Waals surface area contributed by atoms with Crippen molar-refractivity contribution in [2.45, 2.75) is 6.92 Å². The van der Waals surface area contributed by atoms with Gasteiger partial charge in [-0.05, 0) is 24.6 Å². The zero-order chi connectivity index (χ0) is 14.7. The number of aryl methyl sites for hydroxylation is 1. The first-order valence-electron chi connectivity index (χ1n) is 6.05. The highest BCUT2D eigenvalue weighted by Gasteiger charge is 2.10. The van der Waals surface area contributed by atoms with Crippen LogP contribution in [0.1, 0.15) is 5.56 Å². The molecule has 2 aromatic rings. The molecule has 6 nitrogen and oxygen atoms in total. The fourth-order valence-electron chi connectivity index (χ4n) is 1.65. The average molecular weight is 293 g/mol. The molecule has 0 aliphatic carbocycles. The first-order valence-corrected chi connectivity index (χ1v) is 6.43. The summed E-state index contributed by atoms with van der Waals surface area (Å²) in [6.45, 7) is 1.98. The molecule has 7 heteroatoms. The highest BCUT2D eigenvalue weighted by molar-refractivity contribution is 6.30. The van der Waals surface area contributed by atoms with Crippen molar-refractivity contribution in [3.8, 4) is 0 Å². The largest absolute Gasteiger partial charge is 0.393 e. The topological polar surface area (TPSA) is 79.1 Å². The van der Waals surface area contributed by atoms with Gasteiger partial charge in [-0.15, -0.1) is 0 Å². The van der Waals surface area contributed by atoms with Crippen molar-refractivity contribution in [1.29, 1.82) is 0 Å². The molecule has 0 saturated carbocycles. The van der Waals surface area contributed by atoms with Crippen LogP contribution in [-0.4, -0.2) is 29.1 Å². The molecule has 20 heavy (non-hydrogen) atoms. The van der Waals surface area contributed by atoms with Crippen LogP contribution in [0.5, 0.6) is 0 Å². The lowest BCUT2D eigenvalue weighted by Gasteiger charge is -2.16. The third-order valence-electron chi connectivity index (χ3n) is 2.67. The predicted molar refractivity (Wildman–Crippen MR) is 83.2 cm³/mol. The third kappa shape index (κ3) is 3.28. The molecule has 0 amide bonds. The first kappa shape index (κ1) is 14.4. The normalized spacial score (nSPS) is 10.7. The van der Waals surface area contributed by atoms with Crippen molar-refractivity contribution in [1.82, 2.24) is 15.0 Å². The van der Waals surface area contributed by atoms with Crippen molar-refractivity contribution in [3.05, 3.63) is 35.1 Å². The average Bonchev–Trinajstić information content (AvgIpc) is 2.38. The number of anilines is 4. The highest BCUT2D eigenvalue weighted by Crippen LogP contribution is 2.28. The summed E-state index contributed by atoms with van der Waals surface area (Å²) in [5.74, 6) is 1.09. The van der Waals surface area contributed by atoms with Crippen LogP contribution in [0.2, 0.25) is 5.02 Å². The Morgan fingerprint density at radius 3 is 2.60 bits per heavy atom. The molecule has 0 bridgehead atoms. The SMILES string of the molecule is Cc1ccc(Cl)cc1Nc1ncnc(NN(C)C)c1N. The van der Waals surface area contributed by atoms with Crippen LogP contribution >= 0.6 is 11.6 Å². The molecule has 106 valence electrons. The number of aromatic nitrogens is 2. The predicted octanol–water partition coefficient (Wildman–Crippen LogP) is 2.65. The summed E-state index contributed by atoms with van der Waals surface area (Å²) in [6, 6.07) is 5.60. The fraction of sp³-hybridized carbons (Fsp3) is 0.231. The lowest BCUT2D eigenvalue weighted by Crippen LogP contribution is -2.21. The molecular weight excluding hydrogens is 276 g/mol. The van der Waals surface area contributed by atoms with Gasteiger partial charge in [-0.3, -0.25) is 0 Å². The van der Waals surface area contributed by atoms with Crippen LogP contribution in [0.3, 0.4) is 0 Å². The highest BCUT2D eigenvalue weighted by atomic mass is 35.5. The minimum Gasteiger partial charge on any atom is -0.393 e. The quantitative estimate of drug-likeness (QED) is 0.752. The third-order valence-corrected chi connectivity index (χ3v) is 2.90. The van der Waals surface area contributed by atoms with Crippen LogP contribution in [-0.2, 0) is 0 Å². The molecule has 0 radical (unpaired) electrons. The molecule has 2 rings (SSSR count). The van der Waals surface area contributed by atoms with E-state index in [1.807, 2.05) is 39.2 Å². The molecule has 0 fully saturated rings. The summed E-state index contributed by atoms with van der Waals surface area (Å²) in [6.07, 6.45) is 1.45. The van der Waals surface area contributed by atoms with E-state index in [9.17, 15) is 0 Å². The zero-order valence-corrected chi connectivity index (χ0v) is 12.4. The van der Waals surface area contributed by atoms with Gasteiger partial charge in [-0.25, -0.2) is 15.0 Å². The Bertz CT molecular complexity index is 614. The molecule has 1 heterocycles. The van der Waals surface area contributed by atoms with Gasteiger partial charge in [0.1, 0.15) is 12.0 Å². The summed E-state index contributed by atoms with van der Waals surface area (Å²) in [5, 5.41) is 5.58. The number of hydrazine groups is 1. The van der Waals surface area contributed by atoms with E-state index in [-0.39, 0.29) is 0 Å². The van der Waals surface area contributed by atoms with Crippen LogP contribution in [0, 0.1) is 6.92 Å². The van der Waals surface area contributed by atoms with Gasteiger partial charge in [0.05, 0.1) is 0 Å². The maximum Gasteiger partial charge on any atom is 0.169 e. The van der Waals surface area contributed by atoms with Gasteiger partial charge in [0.25, 0.3) is 0 Å². The number of nitrogen functional groups attached to an aromatic ring is 1. The van der Waals surface area contributed by atoms with Crippen LogP contribution < -0.4 is 16.5 Å². The van der Waals surface area contributed by atoms with Gasteiger partial charge >= 0.3 is 0 Å². The Hall–Kier alpha value is -2.05. The van der Waals surface area contributed by atoms with E-state index in [1.165, 1.54) is 6.33 Å². The Balaban J connectivity index is 2.32. The van der Waals surface area contributed by atoms with Crippen molar-refractivity contribution < 1.29 is 0 Å². The number of hydrogen-bond donors (Lipinski definition) is 3. The number of nitrogens with one attached hydrogen (secondary N) is 2. The summed E-state index contributed by atoms with van der Waals surface area (Å²) >= 11 is 6.00. The number of nitrogens with zero attached hydrogens (tertiary/aromatic N) is 3. The Labute approximate surface area is 122 Å². The van der Waals surface area contributed by atoms with E-state index in [0.29, 0.717) is 22.3 Å². The molecule has 0 aliphatic heterocycles. The summed E-state index contributed by atoms with van der Waals surface area (Å²) in [4.78, 5) is 8.27. The summed E-state index contributed by atoms with van der Waals surface area (Å²) in [5.41, 5.74) is 11.4. The van der Waals surface area contributed by atoms with Gasteiger partial charge in [0.2, 0.25) is 0 Å². The van der Waals surface area contributed by atoms with Crippen molar-refractivity contribution >= 4 is 34.6 Å². The summed E-state index contributed by atoms with van der Waals surface area (Å²) < 4.78 is 0. The maximum absolute atomic E-state index is 6.06. The molecule has 1 aromatic carbocycles. The lowest BCUT2D eigenvalue weighted by atomic mass is 10.2. The zero-order valence-electron chi connectivity index (χ0n) is 11.6. The molecular formula is C13H17ClN6. The number of benzene rings is 1. The number of rotatable bonds is 4. The minimum absolute atomic E-state index is 0.445. The number of nitrogens with two attached hydrogens (primary N) is 1. The first-order chi connectivity index (χ1) is 9.47. The molecule has 0 atom stereocenters. The van der Waals surface area contributed by atoms with Crippen molar-refractivity contribution in [2.24, 2.45) is 0 Å². The Morgan fingerprint density at radius 1 is 1.20 bits per heavy atom. The lowest BCUT2D eigenvalue weighted by molar-refractivity contribution is 0.492. The Morgan fingerprint density at radius 2 is 1.90 bits per heavy atom. The second kappa shape index (κ2) is 5.94. The maximum atomic E-state index is 6.06. The van der Waals surface area contributed by atoms with Crippen LogP contribution in [0.25, 0.3) is 0 Å². The molecule has 1 aromatic heterocycles. The second-order valence-electron chi connectivity index (χ2n) is 4.58.